The van der Waals surface area contributed by atoms with E-state index in [1.54, 1.807) is 7.11 Å². The highest BCUT2D eigenvalue weighted by Crippen LogP contribution is 2.38. The number of methoxy groups -OCH3 is 1. The van der Waals surface area contributed by atoms with Crippen molar-refractivity contribution in [2.24, 2.45) is 0 Å². The second kappa shape index (κ2) is 4.10. The first-order valence-electron chi connectivity index (χ1n) is 5.83. The zero-order chi connectivity index (χ0) is 11.8. The minimum absolute atomic E-state index is 0.140. The third-order valence-corrected chi connectivity index (χ3v) is 3.38. The van der Waals surface area contributed by atoms with Crippen LogP contribution in [-0.2, 0) is 10.2 Å². The summed E-state index contributed by atoms with van der Waals surface area (Å²) in [7, 11) is 1.74. The smallest absolute Gasteiger partial charge is 0.123 e. The maximum Gasteiger partial charge on any atom is 0.123 e. The third-order valence-electron chi connectivity index (χ3n) is 3.38. The summed E-state index contributed by atoms with van der Waals surface area (Å²) in [5.41, 5.74) is 2.73. The molecule has 0 saturated carbocycles. The van der Waals surface area contributed by atoms with Gasteiger partial charge in [0, 0.05) is 11.0 Å². The van der Waals surface area contributed by atoms with Crippen molar-refractivity contribution in [1.29, 1.82) is 0 Å². The molecule has 1 aromatic rings. The molecule has 1 aromatic carbocycles. The highest BCUT2D eigenvalue weighted by Gasteiger charge is 2.37. The summed E-state index contributed by atoms with van der Waals surface area (Å²) in [6, 6.07) is 6.55. The van der Waals surface area contributed by atoms with E-state index in [-0.39, 0.29) is 5.41 Å². The highest BCUT2D eigenvalue weighted by molar-refractivity contribution is 5.44. The molecule has 0 radical (unpaired) electrons. The highest BCUT2D eigenvalue weighted by atomic mass is 16.5. The lowest BCUT2D eigenvalue weighted by molar-refractivity contribution is -0.0509. The summed E-state index contributed by atoms with van der Waals surface area (Å²) in [5.74, 6) is 1.53. The molecular weight excluding hydrogens is 200 g/mol. The van der Waals surface area contributed by atoms with Gasteiger partial charge in [-0.15, -0.1) is 0 Å². The average Bonchev–Trinajstić information content (AvgIpc) is 2.25. The molecule has 2 nitrogen and oxygen atoms in total. The minimum Gasteiger partial charge on any atom is -0.496 e. The molecule has 1 heterocycles. The Balaban J connectivity index is 2.39. The lowest BCUT2D eigenvalue weighted by atomic mass is 9.79. The quantitative estimate of drug-likeness (QED) is 0.779. The van der Waals surface area contributed by atoms with Crippen LogP contribution in [0.1, 0.15) is 37.8 Å². The van der Waals surface area contributed by atoms with Crippen LogP contribution in [0.15, 0.2) is 18.2 Å². The van der Waals surface area contributed by atoms with Crippen LogP contribution in [0.2, 0.25) is 0 Å². The van der Waals surface area contributed by atoms with E-state index < -0.39 is 0 Å². The molecule has 0 N–H and O–H groups in total. The van der Waals surface area contributed by atoms with Gasteiger partial charge in [0.25, 0.3) is 0 Å². The zero-order valence-corrected chi connectivity index (χ0v) is 10.5. The van der Waals surface area contributed by atoms with E-state index in [2.05, 4.69) is 39.0 Å². The van der Waals surface area contributed by atoms with Gasteiger partial charge in [0.1, 0.15) is 5.75 Å². The first-order chi connectivity index (χ1) is 7.57. The number of ether oxygens (including phenoxy) is 2. The van der Waals surface area contributed by atoms with Crippen LogP contribution >= 0.6 is 0 Å². The molecule has 0 spiro atoms. The van der Waals surface area contributed by atoms with E-state index in [1.165, 1.54) is 11.1 Å². The molecule has 1 aliphatic heterocycles. The fourth-order valence-corrected chi connectivity index (χ4v) is 2.13. The van der Waals surface area contributed by atoms with E-state index in [0.29, 0.717) is 5.92 Å². The largest absolute Gasteiger partial charge is 0.496 e. The van der Waals surface area contributed by atoms with Crippen molar-refractivity contribution in [2.45, 2.75) is 32.1 Å². The number of rotatable bonds is 3. The van der Waals surface area contributed by atoms with Gasteiger partial charge in [0.2, 0.25) is 0 Å². The SMILES string of the molecule is COc1cc(C(C)C)ccc1C1(C)COC1. The Hall–Kier alpha value is -1.02. The molecule has 16 heavy (non-hydrogen) atoms. The van der Waals surface area contributed by atoms with Crippen molar-refractivity contribution in [1.82, 2.24) is 0 Å². The lowest BCUT2D eigenvalue weighted by Gasteiger charge is -2.39. The predicted octanol–water partition coefficient (Wildman–Crippen LogP) is 3.11. The van der Waals surface area contributed by atoms with Gasteiger partial charge in [-0.05, 0) is 17.5 Å². The molecule has 1 fully saturated rings. The van der Waals surface area contributed by atoms with E-state index in [1.807, 2.05) is 0 Å². The minimum atomic E-state index is 0.140. The Kier molecular flexibility index (Phi) is 2.94. The lowest BCUT2D eigenvalue weighted by Crippen LogP contribution is -2.44. The Morgan fingerprint density at radius 1 is 1.31 bits per heavy atom. The molecule has 1 saturated heterocycles. The summed E-state index contributed by atoms with van der Waals surface area (Å²) < 4.78 is 10.8. The molecule has 0 unspecified atom stereocenters. The summed E-state index contributed by atoms with van der Waals surface area (Å²) in [6.07, 6.45) is 0. The van der Waals surface area contributed by atoms with E-state index in [9.17, 15) is 0 Å². The van der Waals surface area contributed by atoms with Crippen LogP contribution < -0.4 is 4.74 Å². The predicted molar refractivity (Wildman–Crippen MR) is 65.3 cm³/mol. The van der Waals surface area contributed by atoms with Gasteiger partial charge in [-0.25, -0.2) is 0 Å². The maximum absolute atomic E-state index is 5.50. The van der Waals surface area contributed by atoms with Crippen molar-refractivity contribution in [3.8, 4) is 5.75 Å². The second-order valence-corrected chi connectivity index (χ2v) is 5.17. The van der Waals surface area contributed by atoms with Gasteiger partial charge in [0.15, 0.2) is 0 Å². The van der Waals surface area contributed by atoms with Crippen molar-refractivity contribution in [3.63, 3.8) is 0 Å². The van der Waals surface area contributed by atoms with E-state index in [4.69, 9.17) is 9.47 Å². The van der Waals surface area contributed by atoms with Crippen molar-refractivity contribution in [2.75, 3.05) is 20.3 Å². The molecule has 1 aliphatic rings. The van der Waals surface area contributed by atoms with Crippen LogP contribution in [0, 0.1) is 0 Å². The van der Waals surface area contributed by atoms with E-state index in [0.717, 1.165) is 19.0 Å². The van der Waals surface area contributed by atoms with Crippen molar-refractivity contribution in [3.05, 3.63) is 29.3 Å². The molecule has 0 atom stereocenters. The van der Waals surface area contributed by atoms with Crippen LogP contribution in [-0.4, -0.2) is 20.3 Å². The van der Waals surface area contributed by atoms with Crippen molar-refractivity contribution >= 4 is 0 Å². The molecule has 0 bridgehead atoms. The third kappa shape index (κ3) is 1.82. The van der Waals surface area contributed by atoms with Gasteiger partial charge in [-0.1, -0.05) is 32.9 Å². The van der Waals surface area contributed by atoms with Crippen LogP contribution in [0.5, 0.6) is 5.75 Å². The standard InChI is InChI=1S/C14H20O2/c1-10(2)11-5-6-12(13(7-11)15-4)14(3)8-16-9-14/h5-7,10H,8-9H2,1-4H3. The molecule has 2 heteroatoms. The fourth-order valence-electron chi connectivity index (χ4n) is 2.13. The molecule has 0 amide bonds. The summed E-state index contributed by atoms with van der Waals surface area (Å²) in [6.45, 7) is 8.21. The molecule has 88 valence electrons. The second-order valence-electron chi connectivity index (χ2n) is 5.17. The topological polar surface area (TPSA) is 18.5 Å². The number of hydrogen-bond donors (Lipinski definition) is 0. The van der Waals surface area contributed by atoms with Crippen LogP contribution in [0.25, 0.3) is 0 Å². The Bertz CT molecular complexity index is 378. The van der Waals surface area contributed by atoms with Gasteiger partial charge in [0.05, 0.1) is 20.3 Å². The molecule has 0 aromatic heterocycles. The Morgan fingerprint density at radius 2 is 2.00 bits per heavy atom. The van der Waals surface area contributed by atoms with Crippen molar-refractivity contribution < 1.29 is 9.47 Å². The maximum atomic E-state index is 5.50. The summed E-state index contributed by atoms with van der Waals surface area (Å²) in [4.78, 5) is 0. The van der Waals surface area contributed by atoms with Gasteiger partial charge >= 0.3 is 0 Å². The normalized spacial score (nSPS) is 18.3. The molecule has 2 rings (SSSR count). The van der Waals surface area contributed by atoms with Gasteiger partial charge in [-0.2, -0.15) is 0 Å². The monoisotopic (exact) mass is 220 g/mol. The van der Waals surface area contributed by atoms with Gasteiger partial charge in [-0.3, -0.25) is 0 Å². The van der Waals surface area contributed by atoms with Crippen LogP contribution in [0.4, 0.5) is 0 Å². The molecular formula is C14H20O2. The van der Waals surface area contributed by atoms with Crippen LogP contribution in [0.3, 0.4) is 0 Å². The first kappa shape index (κ1) is 11.5. The number of hydrogen-bond acceptors (Lipinski definition) is 2. The van der Waals surface area contributed by atoms with E-state index >= 15 is 0 Å². The zero-order valence-electron chi connectivity index (χ0n) is 10.5. The Morgan fingerprint density at radius 3 is 2.44 bits per heavy atom. The summed E-state index contributed by atoms with van der Waals surface area (Å²) in [5, 5.41) is 0. The summed E-state index contributed by atoms with van der Waals surface area (Å²) >= 11 is 0. The van der Waals surface area contributed by atoms with Gasteiger partial charge < -0.3 is 9.47 Å². The fraction of sp³-hybridized carbons (Fsp3) is 0.571. The molecule has 0 aliphatic carbocycles. The first-order valence-corrected chi connectivity index (χ1v) is 5.83. The average molecular weight is 220 g/mol. The Labute approximate surface area is 97.6 Å². The number of benzene rings is 1.